The van der Waals surface area contributed by atoms with Crippen molar-refractivity contribution in [2.75, 3.05) is 13.2 Å². The van der Waals surface area contributed by atoms with Gasteiger partial charge in [-0.05, 0) is 6.92 Å². The van der Waals surface area contributed by atoms with Gasteiger partial charge in [0.15, 0.2) is 6.29 Å². The van der Waals surface area contributed by atoms with Crippen LogP contribution in [0.1, 0.15) is 13.8 Å². The Balaban J connectivity index is 2.16. The van der Waals surface area contributed by atoms with Crippen molar-refractivity contribution in [1.29, 1.82) is 0 Å². The van der Waals surface area contributed by atoms with E-state index in [0.29, 0.717) is 0 Å². The van der Waals surface area contributed by atoms with Crippen LogP contribution in [0.15, 0.2) is 0 Å². The first-order valence-electron chi connectivity index (χ1n) is 8.38. The lowest BCUT2D eigenvalue weighted by Crippen LogP contribution is -2.66. The van der Waals surface area contributed by atoms with Gasteiger partial charge < -0.3 is 50.2 Å². The van der Waals surface area contributed by atoms with Crippen LogP contribution in [0.25, 0.3) is 0 Å². The zero-order chi connectivity index (χ0) is 19.6. The van der Waals surface area contributed by atoms with Gasteiger partial charge in [0.25, 0.3) is 0 Å². The molecule has 11 nitrogen and oxygen atoms in total. The van der Waals surface area contributed by atoms with Gasteiger partial charge in [-0.2, -0.15) is 0 Å². The highest BCUT2D eigenvalue weighted by atomic mass is 16.7. The van der Waals surface area contributed by atoms with Gasteiger partial charge in [0.2, 0.25) is 5.91 Å². The second kappa shape index (κ2) is 8.87. The van der Waals surface area contributed by atoms with E-state index < -0.39 is 80.3 Å². The lowest BCUT2D eigenvalue weighted by atomic mass is 9.92. The highest BCUT2D eigenvalue weighted by molar-refractivity contribution is 5.73. The summed E-state index contributed by atoms with van der Waals surface area (Å²) >= 11 is 0. The highest BCUT2D eigenvalue weighted by Gasteiger charge is 2.50. The number of carbonyl (C=O) groups excluding carboxylic acids is 1. The van der Waals surface area contributed by atoms with Crippen LogP contribution < -0.4 is 5.32 Å². The maximum atomic E-state index is 11.3. The lowest BCUT2D eigenvalue weighted by molar-refractivity contribution is -0.335. The van der Waals surface area contributed by atoms with Crippen molar-refractivity contribution in [2.24, 2.45) is 0 Å². The maximum absolute atomic E-state index is 11.3. The third-order valence-corrected chi connectivity index (χ3v) is 4.66. The van der Waals surface area contributed by atoms with Gasteiger partial charge in [-0.15, -0.1) is 0 Å². The first-order chi connectivity index (χ1) is 12.2. The van der Waals surface area contributed by atoms with E-state index in [1.807, 2.05) is 0 Å². The molecule has 2 saturated heterocycles. The molecule has 2 rings (SSSR count). The van der Waals surface area contributed by atoms with Gasteiger partial charge in [0.1, 0.15) is 42.7 Å². The fraction of sp³-hybridized carbons (Fsp3) is 0.933. The van der Waals surface area contributed by atoms with Crippen molar-refractivity contribution < 1.29 is 49.6 Å². The molecule has 6 unspecified atom stereocenters. The number of carbonyl (C=O) groups is 1. The number of hydrogen-bond donors (Lipinski definition) is 7. The molecule has 2 fully saturated rings. The third-order valence-electron chi connectivity index (χ3n) is 4.66. The van der Waals surface area contributed by atoms with Crippen LogP contribution in [0.4, 0.5) is 0 Å². The fourth-order valence-corrected chi connectivity index (χ4v) is 3.23. The van der Waals surface area contributed by atoms with Gasteiger partial charge in [-0.3, -0.25) is 4.79 Å². The molecule has 1 amide bonds. The quantitative estimate of drug-likeness (QED) is 0.247. The molecular formula is C15H27NO10. The molecule has 0 spiro atoms. The Bertz CT molecular complexity index is 477. The Morgan fingerprint density at radius 1 is 0.962 bits per heavy atom. The van der Waals surface area contributed by atoms with E-state index in [9.17, 15) is 35.4 Å². The molecule has 7 N–H and O–H groups in total. The minimum atomic E-state index is -1.67. The Labute approximate surface area is 150 Å². The zero-order valence-corrected chi connectivity index (χ0v) is 14.5. The van der Waals surface area contributed by atoms with E-state index in [4.69, 9.17) is 14.2 Å². The van der Waals surface area contributed by atoms with Crippen molar-refractivity contribution in [3.8, 4) is 0 Å². The number of amides is 1. The van der Waals surface area contributed by atoms with Crippen LogP contribution >= 0.6 is 0 Å². The average molecular weight is 381 g/mol. The molecule has 10 atom stereocenters. The molecule has 26 heavy (non-hydrogen) atoms. The van der Waals surface area contributed by atoms with Crippen LogP contribution in [0, 0.1) is 0 Å². The van der Waals surface area contributed by atoms with E-state index in [2.05, 4.69) is 5.32 Å². The predicted molar refractivity (Wildman–Crippen MR) is 83.7 cm³/mol. The predicted octanol–water partition coefficient (Wildman–Crippen LogP) is -4.18. The first kappa shape index (κ1) is 21.4. The second-order valence-corrected chi connectivity index (χ2v) is 6.58. The number of hydrogen-bond acceptors (Lipinski definition) is 10. The number of ether oxygens (including phenoxy) is 3. The van der Waals surface area contributed by atoms with Gasteiger partial charge in [0, 0.05) is 6.92 Å². The van der Waals surface area contributed by atoms with E-state index in [1.165, 1.54) is 6.92 Å². The molecular weight excluding hydrogens is 354 g/mol. The Morgan fingerprint density at radius 2 is 1.58 bits per heavy atom. The molecule has 0 saturated carbocycles. The lowest BCUT2D eigenvalue weighted by Gasteiger charge is -2.46. The summed E-state index contributed by atoms with van der Waals surface area (Å²) in [5.41, 5.74) is 0. The van der Waals surface area contributed by atoms with Crippen molar-refractivity contribution in [2.45, 2.75) is 75.0 Å². The summed E-state index contributed by atoms with van der Waals surface area (Å²) in [6, 6.07) is -0.842. The summed E-state index contributed by atoms with van der Waals surface area (Å²) < 4.78 is 16.3. The van der Waals surface area contributed by atoms with Crippen LogP contribution in [0.2, 0.25) is 0 Å². The Morgan fingerprint density at radius 3 is 2.12 bits per heavy atom. The first-order valence-corrected chi connectivity index (χ1v) is 8.38. The molecule has 0 bridgehead atoms. The van der Waals surface area contributed by atoms with E-state index in [0.717, 1.165) is 0 Å². The van der Waals surface area contributed by atoms with E-state index >= 15 is 0 Å². The SMILES string of the molecule is CC(=O)NC1C(O)[C@H](O[C@@H]2OC(CO)[C@H](O)C(O)C2O)C(CO)O[C@H]1C. The zero-order valence-electron chi connectivity index (χ0n) is 14.5. The van der Waals surface area contributed by atoms with Gasteiger partial charge in [-0.25, -0.2) is 0 Å². The van der Waals surface area contributed by atoms with Crippen LogP contribution in [-0.4, -0.2) is 111 Å². The van der Waals surface area contributed by atoms with Gasteiger partial charge in [0.05, 0.1) is 25.4 Å². The van der Waals surface area contributed by atoms with Crippen molar-refractivity contribution in [3.63, 3.8) is 0 Å². The molecule has 0 aliphatic carbocycles. The summed E-state index contributed by atoms with van der Waals surface area (Å²) in [6.45, 7) is 1.72. The summed E-state index contributed by atoms with van der Waals surface area (Å²) in [6.07, 6.45) is -11.7. The Hall–Kier alpha value is -0.890. The molecule has 11 heteroatoms. The molecule has 0 aromatic carbocycles. The Kier molecular flexibility index (Phi) is 7.30. The number of rotatable bonds is 5. The van der Waals surface area contributed by atoms with Crippen LogP contribution in [0.5, 0.6) is 0 Å². The highest BCUT2D eigenvalue weighted by Crippen LogP contribution is 2.29. The van der Waals surface area contributed by atoms with Crippen molar-refractivity contribution in [1.82, 2.24) is 5.32 Å². The molecule has 2 aliphatic heterocycles. The topological polar surface area (TPSA) is 178 Å². The normalized spacial score (nSPS) is 46.8. The standard InChI is InChI=1S/C15H27NO10/c1-5-9(16-6(2)19)11(21)14(8(4-18)24-5)26-15-13(23)12(22)10(20)7(3-17)25-15/h5,7-15,17-18,20-23H,3-4H2,1-2H3,(H,16,19)/t5-,7?,8?,9?,10-,11?,12?,13?,14+,15-/m0/s1. The molecule has 0 aromatic rings. The maximum Gasteiger partial charge on any atom is 0.217 e. The minimum Gasteiger partial charge on any atom is -0.394 e. The summed E-state index contributed by atoms with van der Waals surface area (Å²) in [5, 5.41) is 61.5. The molecule has 2 aliphatic rings. The summed E-state index contributed by atoms with van der Waals surface area (Å²) in [7, 11) is 0. The molecule has 2 heterocycles. The van der Waals surface area contributed by atoms with E-state index in [-0.39, 0.29) is 0 Å². The largest absolute Gasteiger partial charge is 0.394 e. The van der Waals surface area contributed by atoms with Crippen molar-refractivity contribution >= 4 is 5.91 Å². The van der Waals surface area contributed by atoms with E-state index in [1.54, 1.807) is 6.92 Å². The second-order valence-electron chi connectivity index (χ2n) is 6.58. The summed E-state index contributed by atoms with van der Waals surface area (Å²) in [4.78, 5) is 11.3. The molecule has 0 radical (unpaired) electrons. The molecule has 0 aromatic heterocycles. The van der Waals surface area contributed by atoms with Crippen LogP contribution in [0.3, 0.4) is 0 Å². The number of nitrogens with one attached hydrogen (secondary N) is 1. The van der Waals surface area contributed by atoms with Crippen LogP contribution in [-0.2, 0) is 19.0 Å². The van der Waals surface area contributed by atoms with Crippen molar-refractivity contribution in [3.05, 3.63) is 0 Å². The average Bonchev–Trinajstić information content (AvgIpc) is 2.60. The monoisotopic (exact) mass is 381 g/mol. The number of aliphatic hydroxyl groups is 6. The van der Waals surface area contributed by atoms with Gasteiger partial charge >= 0.3 is 0 Å². The number of aliphatic hydroxyl groups excluding tert-OH is 6. The summed E-state index contributed by atoms with van der Waals surface area (Å²) in [5.74, 6) is -0.404. The smallest absolute Gasteiger partial charge is 0.217 e. The third kappa shape index (κ3) is 4.32. The molecule has 152 valence electrons. The minimum absolute atomic E-state index is 0.404. The fourth-order valence-electron chi connectivity index (χ4n) is 3.23. The van der Waals surface area contributed by atoms with Gasteiger partial charge in [-0.1, -0.05) is 0 Å².